The summed E-state index contributed by atoms with van der Waals surface area (Å²) >= 11 is 0. The molecule has 8 heteroatoms. The molecule has 1 aromatic heterocycles. The van der Waals surface area contributed by atoms with Gasteiger partial charge in [0.2, 0.25) is 10.0 Å². The highest BCUT2D eigenvalue weighted by Gasteiger charge is 2.12. The van der Waals surface area contributed by atoms with Gasteiger partial charge in [-0.15, -0.1) is 0 Å². The number of hydrogen-bond donors (Lipinski definition) is 2. The van der Waals surface area contributed by atoms with Crippen LogP contribution < -0.4 is 4.72 Å². The number of carboxylic acids is 1. The number of sulfonamides is 1. The monoisotopic (exact) mass is 247 g/mol. The van der Waals surface area contributed by atoms with Gasteiger partial charge in [-0.2, -0.15) is 5.10 Å². The number of carbonyl (C=O) groups is 1. The average molecular weight is 247 g/mol. The first-order valence-corrected chi connectivity index (χ1v) is 6.22. The standard InChI is InChI=1S/C8H13N3O4S/c1-11-7(2-4-9-11)6-10-16(14,15)5-3-8(12)13/h2,4,10H,3,5-6H2,1H3,(H,12,13). The molecule has 0 saturated heterocycles. The number of carboxylic acid groups (broad SMARTS) is 1. The van der Waals surface area contributed by atoms with Crippen molar-refractivity contribution in [1.29, 1.82) is 0 Å². The van der Waals surface area contributed by atoms with Crippen LogP contribution in [0, 0.1) is 0 Å². The maximum absolute atomic E-state index is 11.3. The number of aliphatic carboxylic acids is 1. The summed E-state index contributed by atoms with van der Waals surface area (Å²) < 4.78 is 26.5. The summed E-state index contributed by atoms with van der Waals surface area (Å²) in [5.74, 6) is -1.55. The summed E-state index contributed by atoms with van der Waals surface area (Å²) in [5, 5.41) is 12.2. The molecule has 0 bridgehead atoms. The van der Waals surface area contributed by atoms with Crippen molar-refractivity contribution in [2.75, 3.05) is 5.75 Å². The van der Waals surface area contributed by atoms with Gasteiger partial charge < -0.3 is 5.11 Å². The molecule has 1 rings (SSSR count). The van der Waals surface area contributed by atoms with Gasteiger partial charge in [-0.1, -0.05) is 0 Å². The van der Waals surface area contributed by atoms with E-state index in [4.69, 9.17) is 5.11 Å². The Morgan fingerprint density at radius 1 is 1.62 bits per heavy atom. The molecule has 7 nitrogen and oxygen atoms in total. The second-order valence-electron chi connectivity index (χ2n) is 3.23. The van der Waals surface area contributed by atoms with Crippen LogP contribution in [0.3, 0.4) is 0 Å². The highest BCUT2D eigenvalue weighted by atomic mass is 32.2. The SMILES string of the molecule is Cn1nccc1CNS(=O)(=O)CCC(=O)O. The van der Waals surface area contributed by atoms with Crippen LogP contribution in [0.5, 0.6) is 0 Å². The van der Waals surface area contributed by atoms with Crippen molar-refractivity contribution in [2.24, 2.45) is 7.05 Å². The van der Waals surface area contributed by atoms with E-state index in [1.807, 2.05) is 0 Å². The minimum atomic E-state index is -3.54. The van der Waals surface area contributed by atoms with Gasteiger partial charge in [0.25, 0.3) is 0 Å². The van der Waals surface area contributed by atoms with Crippen LogP contribution in [-0.2, 0) is 28.4 Å². The van der Waals surface area contributed by atoms with Gasteiger partial charge in [-0.05, 0) is 6.07 Å². The van der Waals surface area contributed by atoms with E-state index in [2.05, 4.69) is 9.82 Å². The molecule has 0 spiro atoms. The van der Waals surface area contributed by atoms with E-state index in [0.717, 1.165) is 0 Å². The Balaban J connectivity index is 2.48. The third-order valence-corrected chi connectivity index (χ3v) is 3.31. The topological polar surface area (TPSA) is 101 Å². The summed E-state index contributed by atoms with van der Waals surface area (Å²) in [7, 11) is -1.85. The third-order valence-electron chi connectivity index (χ3n) is 1.98. The molecule has 2 N–H and O–H groups in total. The van der Waals surface area contributed by atoms with Crippen molar-refractivity contribution in [1.82, 2.24) is 14.5 Å². The molecule has 0 aliphatic heterocycles. The quantitative estimate of drug-likeness (QED) is 0.693. The molecule has 1 heterocycles. The molecule has 0 amide bonds. The Labute approximate surface area is 93.1 Å². The summed E-state index contributed by atoms with van der Waals surface area (Å²) in [6.45, 7) is 0.110. The van der Waals surface area contributed by atoms with Crippen LogP contribution in [0.1, 0.15) is 12.1 Å². The Kier molecular flexibility index (Phi) is 4.02. The smallest absolute Gasteiger partial charge is 0.304 e. The van der Waals surface area contributed by atoms with E-state index in [1.54, 1.807) is 24.0 Å². The molecule has 0 fully saturated rings. The van der Waals surface area contributed by atoms with Gasteiger partial charge in [-0.25, -0.2) is 13.1 Å². The van der Waals surface area contributed by atoms with Gasteiger partial charge in [0.1, 0.15) is 0 Å². The lowest BCUT2D eigenvalue weighted by Gasteiger charge is -2.05. The van der Waals surface area contributed by atoms with Crippen molar-refractivity contribution in [2.45, 2.75) is 13.0 Å². The van der Waals surface area contributed by atoms with Crippen LogP contribution in [-0.4, -0.2) is 35.0 Å². The Hall–Kier alpha value is -1.41. The zero-order valence-electron chi connectivity index (χ0n) is 8.75. The van der Waals surface area contributed by atoms with Crippen LogP contribution >= 0.6 is 0 Å². The summed E-state index contributed by atoms with van der Waals surface area (Å²) in [6.07, 6.45) is 1.15. The Bertz CT molecular complexity index is 465. The maximum Gasteiger partial charge on any atom is 0.304 e. The lowest BCUT2D eigenvalue weighted by atomic mass is 10.4. The number of hydrogen-bond acceptors (Lipinski definition) is 4. The predicted octanol–water partition coefficient (Wildman–Crippen LogP) is -0.686. The van der Waals surface area contributed by atoms with Crippen LogP contribution in [0.15, 0.2) is 12.3 Å². The Morgan fingerprint density at radius 3 is 2.81 bits per heavy atom. The minimum Gasteiger partial charge on any atom is -0.481 e. The molecule has 0 unspecified atom stereocenters. The van der Waals surface area contributed by atoms with E-state index in [-0.39, 0.29) is 6.54 Å². The molecule has 0 radical (unpaired) electrons. The van der Waals surface area contributed by atoms with Crippen molar-refractivity contribution in [3.63, 3.8) is 0 Å². The molecule has 0 aliphatic carbocycles. The molecule has 90 valence electrons. The van der Waals surface area contributed by atoms with Gasteiger partial charge in [-0.3, -0.25) is 9.48 Å². The molecule has 0 atom stereocenters. The number of nitrogens with zero attached hydrogens (tertiary/aromatic N) is 2. The largest absolute Gasteiger partial charge is 0.481 e. The van der Waals surface area contributed by atoms with Crippen molar-refractivity contribution < 1.29 is 18.3 Å². The highest BCUT2D eigenvalue weighted by Crippen LogP contribution is 1.97. The predicted molar refractivity (Wildman–Crippen MR) is 56.1 cm³/mol. The van der Waals surface area contributed by atoms with E-state index in [9.17, 15) is 13.2 Å². The lowest BCUT2D eigenvalue weighted by Crippen LogP contribution is -2.27. The fraction of sp³-hybridized carbons (Fsp3) is 0.500. The lowest BCUT2D eigenvalue weighted by molar-refractivity contribution is -0.136. The first-order valence-electron chi connectivity index (χ1n) is 4.57. The molecular weight excluding hydrogens is 234 g/mol. The summed E-state index contributed by atoms with van der Waals surface area (Å²) in [5.41, 5.74) is 0.707. The minimum absolute atomic E-state index is 0.110. The molecular formula is C8H13N3O4S. The van der Waals surface area contributed by atoms with Crippen molar-refractivity contribution in [3.05, 3.63) is 18.0 Å². The number of nitrogens with one attached hydrogen (secondary N) is 1. The van der Waals surface area contributed by atoms with E-state index in [1.165, 1.54) is 0 Å². The second-order valence-corrected chi connectivity index (χ2v) is 5.16. The number of aryl methyl sites for hydroxylation is 1. The molecule has 0 aliphatic rings. The summed E-state index contributed by atoms with van der Waals surface area (Å²) in [4.78, 5) is 10.2. The molecule has 0 saturated carbocycles. The van der Waals surface area contributed by atoms with Gasteiger partial charge in [0.15, 0.2) is 0 Å². The molecule has 1 aromatic rings. The highest BCUT2D eigenvalue weighted by molar-refractivity contribution is 7.89. The fourth-order valence-corrected chi connectivity index (χ4v) is 2.01. The normalized spacial score (nSPS) is 11.6. The summed E-state index contributed by atoms with van der Waals surface area (Å²) in [6, 6.07) is 1.68. The van der Waals surface area contributed by atoms with Crippen LogP contribution in [0.4, 0.5) is 0 Å². The molecule has 16 heavy (non-hydrogen) atoms. The van der Waals surface area contributed by atoms with Crippen LogP contribution in [0.25, 0.3) is 0 Å². The average Bonchev–Trinajstić information content (AvgIpc) is 2.59. The first-order chi connectivity index (χ1) is 7.41. The molecule has 0 aromatic carbocycles. The van der Waals surface area contributed by atoms with Crippen molar-refractivity contribution in [3.8, 4) is 0 Å². The van der Waals surface area contributed by atoms with Gasteiger partial charge in [0, 0.05) is 13.2 Å². The maximum atomic E-state index is 11.3. The van der Waals surface area contributed by atoms with Crippen LogP contribution in [0.2, 0.25) is 0 Å². The number of aromatic nitrogens is 2. The second kappa shape index (κ2) is 5.08. The zero-order valence-corrected chi connectivity index (χ0v) is 9.57. The zero-order chi connectivity index (χ0) is 12.2. The first kappa shape index (κ1) is 12.7. The van der Waals surface area contributed by atoms with Gasteiger partial charge >= 0.3 is 5.97 Å². The van der Waals surface area contributed by atoms with E-state index < -0.39 is 28.2 Å². The fourth-order valence-electron chi connectivity index (χ4n) is 1.05. The van der Waals surface area contributed by atoms with Crippen molar-refractivity contribution >= 4 is 16.0 Å². The number of rotatable bonds is 6. The third kappa shape index (κ3) is 3.99. The van der Waals surface area contributed by atoms with Gasteiger partial charge in [0.05, 0.1) is 24.4 Å². The van der Waals surface area contributed by atoms with E-state index in [0.29, 0.717) is 5.69 Å². The van der Waals surface area contributed by atoms with E-state index >= 15 is 0 Å². The Morgan fingerprint density at radius 2 is 2.31 bits per heavy atom.